The molecular weight excluding hydrogens is 348 g/mol. The summed E-state index contributed by atoms with van der Waals surface area (Å²) in [5, 5.41) is 0. The molecular formula is C22H21ClO3. The Morgan fingerprint density at radius 1 is 0.615 bits per heavy atom. The number of hydrogen-bond acceptors (Lipinski definition) is 3. The van der Waals surface area contributed by atoms with Gasteiger partial charge in [-0.05, 0) is 23.3 Å². The second-order valence-electron chi connectivity index (χ2n) is 5.77. The highest BCUT2D eigenvalue weighted by Gasteiger charge is 2.38. The van der Waals surface area contributed by atoms with Gasteiger partial charge in [-0.3, -0.25) is 0 Å². The maximum Gasteiger partial charge on any atom is 0.203 e. The van der Waals surface area contributed by atoms with Crippen molar-refractivity contribution in [1.29, 1.82) is 0 Å². The molecule has 0 atom stereocenters. The van der Waals surface area contributed by atoms with Crippen molar-refractivity contribution in [3.8, 4) is 17.2 Å². The van der Waals surface area contributed by atoms with Crippen molar-refractivity contribution in [2.45, 2.75) is 4.87 Å². The summed E-state index contributed by atoms with van der Waals surface area (Å²) in [6.45, 7) is 0. The molecule has 4 heteroatoms. The largest absolute Gasteiger partial charge is 0.493 e. The summed E-state index contributed by atoms with van der Waals surface area (Å²) in [6, 6.07) is 23.7. The topological polar surface area (TPSA) is 27.7 Å². The number of alkyl halides is 1. The van der Waals surface area contributed by atoms with Gasteiger partial charge >= 0.3 is 0 Å². The zero-order chi connectivity index (χ0) is 18.6. The third kappa shape index (κ3) is 2.99. The fourth-order valence-corrected chi connectivity index (χ4v) is 3.59. The minimum absolute atomic E-state index is 0.518. The van der Waals surface area contributed by atoms with Crippen molar-refractivity contribution in [3.05, 3.63) is 89.5 Å². The molecule has 134 valence electrons. The van der Waals surface area contributed by atoms with Crippen LogP contribution in [0.1, 0.15) is 16.7 Å². The molecule has 3 aromatic rings. The van der Waals surface area contributed by atoms with Crippen LogP contribution in [0.25, 0.3) is 0 Å². The first-order chi connectivity index (χ1) is 12.7. The molecule has 0 N–H and O–H groups in total. The number of methoxy groups -OCH3 is 3. The summed E-state index contributed by atoms with van der Waals surface area (Å²) in [7, 11) is 4.79. The monoisotopic (exact) mass is 368 g/mol. The van der Waals surface area contributed by atoms with Crippen LogP contribution in [0.5, 0.6) is 17.2 Å². The van der Waals surface area contributed by atoms with Crippen molar-refractivity contribution in [2.24, 2.45) is 0 Å². The molecule has 0 fully saturated rings. The van der Waals surface area contributed by atoms with Gasteiger partial charge in [-0.1, -0.05) is 60.7 Å². The molecule has 0 unspecified atom stereocenters. The third-order valence-electron chi connectivity index (χ3n) is 4.42. The van der Waals surface area contributed by atoms with Gasteiger partial charge in [0.05, 0.1) is 21.3 Å². The highest BCUT2D eigenvalue weighted by atomic mass is 35.5. The second-order valence-corrected chi connectivity index (χ2v) is 6.34. The van der Waals surface area contributed by atoms with Gasteiger partial charge < -0.3 is 14.2 Å². The minimum Gasteiger partial charge on any atom is -0.493 e. The maximum absolute atomic E-state index is 7.35. The predicted molar refractivity (Wildman–Crippen MR) is 105 cm³/mol. The van der Waals surface area contributed by atoms with E-state index in [-0.39, 0.29) is 0 Å². The molecule has 3 nitrogen and oxygen atoms in total. The Morgan fingerprint density at radius 3 is 1.54 bits per heavy atom. The first kappa shape index (κ1) is 18.2. The van der Waals surface area contributed by atoms with Crippen molar-refractivity contribution >= 4 is 11.6 Å². The Labute approximate surface area is 159 Å². The SMILES string of the molecule is COc1ccc(C(Cl)(c2ccccc2)c2ccccc2)c(OC)c1OC. The molecule has 26 heavy (non-hydrogen) atoms. The summed E-state index contributed by atoms with van der Waals surface area (Å²) in [4.78, 5) is -0.937. The van der Waals surface area contributed by atoms with Crippen molar-refractivity contribution in [2.75, 3.05) is 21.3 Å². The molecule has 0 saturated carbocycles. The Morgan fingerprint density at radius 2 is 1.12 bits per heavy atom. The van der Waals surface area contributed by atoms with E-state index in [1.807, 2.05) is 72.8 Å². The molecule has 0 aromatic heterocycles. The van der Waals surface area contributed by atoms with Crippen LogP contribution < -0.4 is 14.2 Å². The van der Waals surface area contributed by atoms with Crippen LogP contribution in [-0.2, 0) is 4.87 Å². The molecule has 0 amide bonds. The average Bonchev–Trinajstić information content (AvgIpc) is 2.73. The van der Waals surface area contributed by atoms with E-state index < -0.39 is 4.87 Å². The number of ether oxygens (including phenoxy) is 3. The summed E-state index contributed by atoms with van der Waals surface area (Å²) < 4.78 is 16.7. The third-order valence-corrected chi connectivity index (χ3v) is 5.06. The Bertz CT molecular complexity index is 824. The summed E-state index contributed by atoms with van der Waals surface area (Å²) in [5.41, 5.74) is 2.67. The normalized spacial score (nSPS) is 11.1. The lowest BCUT2D eigenvalue weighted by atomic mass is 9.83. The lowest BCUT2D eigenvalue weighted by molar-refractivity contribution is 0.321. The number of hydrogen-bond donors (Lipinski definition) is 0. The number of halogens is 1. The van der Waals surface area contributed by atoms with Crippen molar-refractivity contribution in [1.82, 2.24) is 0 Å². The van der Waals surface area contributed by atoms with Crippen LogP contribution in [-0.4, -0.2) is 21.3 Å². The fourth-order valence-electron chi connectivity index (χ4n) is 3.19. The number of rotatable bonds is 6. The van der Waals surface area contributed by atoms with Gasteiger partial charge in [0.1, 0.15) is 4.87 Å². The molecule has 0 bridgehead atoms. The summed E-state index contributed by atoms with van der Waals surface area (Å²) >= 11 is 7.35. The van der Waals surface area contributed by atoms with Gasteiger partial charge in [-0.15, -0.1) is 11.6 Å². The molecule has 3 aromatic carbocycles. The van der Waals surface area contributed by atoms with E-state index >= 15 is 0 Å². The van der Waals surface area contributed by atoms with Crippen LogP contribution in [0.2, 0.25) is 0 Å². The van der Waals surface area contributed by atoms with Crippen LogP contribution in [0, 0.1) is 0 Å². The van der Waals surface area contributed by atoms with E-state index in [0.29, 0.717) is 17.2 Å². The smallest absolute Gasteiger partial charge is 0.203 e. The Hall–Kier alpha value is -2.65. The van der Waals surface area contributed by atoms with Crippen LogP contribution in [0.3, 0.4) is 0 Å². The van der Waals surface area contributed by atoms with Crippen LogP contribution >= 0.6 is 11.6 Å². The molecule has 0 spiro atoms. The second kappa shape index (κ2) is 7.71. The van der Waals surface area contributed by atoms with Gasteiger partial charge in [0, 0.05) is 5.56 Å². The minimum atomic E-state index is -0.937. The van der Waals surface area contributed by atoms with Crippen molar-refractivity contribution in [3.63, 3.8) is 0 Å². The zero-order valence-corrected chi connectivity index (χ0v) is 15.8. The standard InChI is InChI=1S/C22H21ClO3/c1-24-19-15-14-18(20(25-2)21(19)26-3)22(23,16-10-6-4-7-11-16)17-12-8-5-9-13-17/h4-15H,1-3H3. The van der Waals surface area contributed by atoms with E-state index in [2.05, 4.69) is 0 Å². The fraction of sp³-hybridized carbons (Fsp3) is 0.182. The average molecular weight is 369 g/mol. The van der Waals surface area contributed by atoms with E-state index in [1.54, 1.807) is 21.3 Å². The van der Waals surface area contributed by atoms with Gasteiger partial charge in [-0.25, -0.2) is 0 Å². The summed E-state index contributed by atoms with van der Waals surface area (Å²) in [5.74, 6) is 1.66. The predicted octanol–water partition coefficient (Wildman–Crippen LogP) is 5.24. The van der Waals surface area contributed by atoms with Gasteiger partial charge in [0.25, 0.3) is 0 Å². The molecule has 0 radical (unpaired) electrons. The first-order valence-corrected chi connectivity index (χ1v) is 8.64. The van der Waals surface area contributed by atoms with E-state index in [4.69, 9.17) is 25.8 Å². The molecule has 0 aliphatic carbocycles. The molecule has 3 rings (SSSR count). The lowest BCUT2D eigenvalue weighted by Gasteiger charge is -2.31. The van der Waals surface area contributed by atoms with Crippen LogP contribution in [0.15, 0.2) is 72.8 Å². The van der Waals surface area contributed by atoms with E-state index in [1.165, 1.54) is 0 Å². The zero-order valence-electron chi connectivity index (χ0n) is 15.0. The molecule has 0 aliphatic rings. The van der Waals surface area contributed by atoms with Gasteiger partial charge in [-0.2, -0.15) is 0 Å². The number of benzene rings is 3. The Kier molecular flexibility index (Phi) is 5.38. The van der Waals surface area contributed by atoms with Crippen LogP contribution in [0.4, 0.5) is 0 Å². The van der Waals surface area contributed by atoms with Gasteiger partial charge in [0.15, 0.2) is 11.5 Å². The maximum atomic E-state index is 7.35. The van der Waals surface area contributed by atoms with Crippen molar-refractivity contribution < 1.29 is 14.2 Å². The Balaban J connectivity index is 2.34. The van der Waals surface area contributed by atoms with E-state index in [0.717, 1.165) is 16.7 Å². The quantitative estimate of drug-likeness (QED) is 0.439. The highest BCUT2D eigenvalue weighted by molar-refractivity contribution is 6.28. The van der Waals surface area contributed by atoms with E-state index in [9.17, 15) is 0 Å². The lowest BCUT2D eigenvalue weighted by Crippen LogP contribution is -2.23. The molecule has 0 heterocycles. The summed E-state index contributed by atoms with van der Waals surface area (Å²) in [6.07, 6.45) is 0. The molecule has 0 saturated heterocycles. The molecule has 0 aliphatic heterocycles. The van der Waals surface area contributed by atoms with Gasteiger partial charge in [0.2, 0.25) is 5.75 Å². The highest BCUT2D eigenvalue weighted by Crippen LogP contribution is 2.51. The first-order valence-electron chi connectivity index (χ1n) is 8.26.